The third-order valence-electron chi connectivity index (χ3n) is 3.98. The van der Waals surface area contributed by atoms with Crippen LogP contribution in [0.25, 0.3) is 6.08 Å². The number of carboxylic acids is 1. The predicted molar refractivity (Wildman–Crippen MR) is 93.2 cm³/mol. The Balaban J connectivity index is 0.00000529. The van der Waals surface area contributed by atoms with Gasteiger partial charge in [-0.3, -0.25) is 0 Å². The van der Waals surface area contributed by atoms with E-state index in [0.29, 0.717) is 12.2 Å². The van der Waals surface area contributed by atoms with Crippen molar-refractivity contribution in [3.63, 3.8) is 0 Å². The number of carboxylic acid groups (broad SMARTS) is 1. The van der Waals surface area contributed by atoms with Crippen molar-refractivity contribution >= 4 is 12.0 Å². The summed E-state index contributed by atoms with van der Waals surface area (Å²) < 4.78 is 5.54. The molecule has 0 aliphatic rings. The van der Waals surface area contributed by atoms with Crippen molar-refractivity contribution in [1.82, 2.24) is 0 Å². The van der Waals surface area contributed by atoms with E-state index < -0.39 is 12.1 Å². The van der Waals surface area contributed by atoms with Crippen molar-refractivity contribution in [3.05, 3.63) is 36.4 Å². The molecule has 0 fully saturated rings. The van der Waals surface area contributed by atoms with E-state index >= 15 is 0 Å². The van der Waals surface area contributed by atoms with Crippen molar-refractivity contribution in [1.29, 1.82) is 0 Å². The fraction of sp³-hybridized carbons (Fsp3) is 0.550. The summed E-state index contributed by atoms with van der Waals surface area (Å²) in [5.74, 6) is -0.579. The summed E-state index contributed by atoms with van der Waals surface area (Å²) in [7, 11) is 0. The molecule has 4 heteroatoms. The zero-order chi connectivity index (χ0) is 16.9. The second-order valence-corrected chi connectivity index (χ2v) is 5.96. The fourth-order valence-electron chi connectivity index (χ4n) is 2.54. The molecule has 0 aromatic heterocycles. The number of hydrogen-bond acceptors (Lipinski definition) is 3. The Hall–Kier alpha value is -0.770. The van der Waals surface area contributed by atoms with Gasteiger partial charge in [0.05, 0.1) is 5.97 Å². The van der Waals surface area contributed by atoms with Gasteiger partial charge in [0.15, 0.2) is 0 Å². The first kappa shape index (κ1) is 23.2. The summed E-state index contributed by atoms with van der Waals surface area (Å²) >= 11 is 0. The molecule has 0 saturated carbocycles. The zero-order valence-electron chi connectivity index (χ0n) is 15.3. The molecule has 1 atom stereocenters. The van der Waals surface area contributed by atoms with E-state index in [1.165, 1.54) is 32.1 Å². The van der Waals surface area contributed by atoms with Gasteiger partial charge in [0.1, 0.15) is 11.9 Å². The molecular weight excluding hydrogens is 311 g/mol. The van der Waals surface area contributed by atoms with Gasteiger partial charge in [-0.15, -0.1) is 0 Å². The van der Waals surface area contributed by atoms with E-state index in [4.69, 9.17) is 4.74 Å². The van der Waals surface area contributed by atoms with Crippen LogP contribution in [0.1, 0.15) is 70.3 Å². The molecule has 0 aliphatic heterocycles. The Morgan fingerprint density at radius 1 is 1.08 bits per heavy atom. The Labute approximate surface area is 168 Å². The predicted octanol–water partition coefficient (Wildman–Crippen LogP) is 1.36. The largest absolute Gasteiger partial charge is 1.00 e. The fourth-order valence-corrected chi connectivity index (χ4v) is 2.54. The van der Waals surface area contributed by atoms with E-state index in [-0.39, 0.29) is 29.6 Å². The smallest absolute Gasteiger partial charge is 0.546 e. The molecule has 3 nitrogen and oxygen atoms in total. The molecule has 0 bridgehead atoms. The van der Waals surface area contributed by atoms with E-state index in [1.54, 1.807) is 18.2 Å². The van der Waals surface area contributed by atoms with Crippen molar-refractivity contribution in [2.45, 2.75) is 70.8 Å². The molecule has 1 rings (SSSR count). The second kappa shape index (κ2) is 14.6. The summed E-state index contributed by atoms with van der Waals surface area (Å²) in [5, 5.41) is 11.2. The zero-order valence-corrected chi connectivity index (χ0v) is 17.3. The number of aliphatic carboxylic acids is 1. The van der Waals surface area contributed by atoms with E-state index in [2.05, 4.69) is 13.5 Å². The summed E-state index contributed by atoms with van der Waals surface area (Å²) in [5.41, 5.74) is 0.977. The van der Waals surface area contributed by atoms with Crippen molar-refractivity contribution in [2.75, 3.05) is 0 Å². The normalized spacial score (nSPS) is 11.4. The van der Waals surface area contributed by atoms with Gasteiger partial charge in [-0.2, -0.15) is 0 Å². The minimum absolute atomic E-state index is 0. The van der Waals surface area contributed by atoms with Crippen LogP contribution >= 0.6 is 0 Å². The minimum atomic E-state index is -1.14. The Morgan fingerprint density at radius 2 is 1.62 bits per heavy atom. The molecule has 0 radical (unpaired) electrons. The van der Waals surface area contributed by atoms with E-state index in [0.717, 1.165) is 24.8 Å². The SMILES string of the molecule is C=Cc1ccc(OC(CCCCCCCCCC)C(=O)[O-])cc1.[Na+]. The van der Waals surface area contributed by atoms with Crippen LogP contribution in [0.15, 0.2) is 30.8 Å². The van der Waals surface area contributed by atoms with Gasteiger partial charge in [0, 0.05) is 0 Å². The van der Waals surface area contributed by atoms with Crippen LogP contribution in [-0.4, -0.2) is 12.1 Å². The van der Waals surface area contributed by atoms with Gasteiger partial charge >= 0.3 is 29.6 Å². The number of carbonyl (C=O) groups excluding carboxylic acids is 1. The molecule has 0 aliphatic carbocycles. The number of ether oxygens (including phenoxy) is 1. The van der Waals surface area contributed by atoms with Crippen LogP contribution < -0.4 is 39.4 Å². The van der Waals surface area contributed by atoms with Gasteiger partial charge < -0.3 is 14.6 Å². The third-order valence-corrected chi connectivity index (χ3v) is 3.98. The topological polar surface area (TPSA) is 49.4 Å². The summed E-state index contributed by atoms with van der Waals surface area (Å²) in [6, 6.07) is 7.23. The molecule has 1 unspecified atom stereocenters. The Kier molecular flexibility index (Phi) is 14.1. The standard InChI is InChI=1S/C20H30O3.Na/c1-3-5-6-7-8-9-10-11-12-19(20(21)22)23-18-15-13-17(4-2)14-16-18;/h4,13-16,19H,2-3,5-12H2,1H3,(H,21,22);/q;+1/p-1. The first-order valence-corrected chi connectivity index (χ1v) is 8.77. The second-order valence-electron chi connectivity index (χ2n) is 5.96. The quantitative estimate of drug-likeness (QED) is 0.402. The molecular formula is C20H29NaO3. The van der Waals surface area contributed by atoms with Crippen LogP contribution in [0.5, 0.6) is 5.75 Å². The number of hydrogen-bond donors (Lipinski definition) is 0. The summed E-state index contributed by atoms with van der Waals surface area (Å²) in [6.45, 7) is 5.90. The maximum Gasteiger partial charge on any atom is 1.00 e. The molecule has 0 heterocycles. The average Bonchev–Trinajstić information content (AvgIpc) is 2.56. The third kappa shape index (κ3) is 10.2. The number of benzene rings is 1. The Bertz CT molecular complexity index is 456. The van der Waals surface area contributed by atoms with E-state index in [9.17, 15) is 9.90 Å². The van der Waals surface area contributed by atoms with Crippen LogP contribution in [0.3, 0.4) is 0 Å². The van der Waals surface area contributed by atoms with E-state index in [1.807, 2.05) is 12.1 Å². The first-order chi connectivity index (χ1) is 11.2. The number of rotatable bonds is 13. The van der Waals surface area contributed by atoms with Crippen LogP contribution in [-0.2, 0) is 4.79 Å². The molecule has 128 valence electrons. The van der Waals surface area contributed by atoms with Crippen LogP contribution in [0.4, 0.5) is 0 Å². The van der Waals surface area contributed by atoms with Crippen molar-refractivity contribution in [3.8, 4) is 5.75 Å². The molecule has 1 aromatic carbocycles. The number of carbonyl (C=O) groups is 1. The molecule has 24 heavy (non-hydrogen) atoms. The Morgan fingerprint density at radius 3 is 2.12 bits per heavy atom. The number of unbranched alkanes of at least 4 members (excludes halogenated alkanes) is 7. The minimum Gasteiger partial charge on any atom is -0.546 e. The maximum absolute atomic E-state index is 11.2. The summed E-state index contributed by atoms with van der Waals surface area (Å²) in [4.78, 5) is 11.2. The monoisotopic (exact) mass is 340 g/mol. The van der Waals surface area contributed by atoms with Crippen LogP contribution in [0.2, 0.25) is 0 Å². The summed E-state index contributed by atoms with van der Waals surface area (Å²) in [6.07, 6.45) is 10.8. The van der Waals surface area contributed by atoms with Crippen molar-refractivity contribution in [2.24, 2.45) is 0 Å². The molecule has 0 N–H and O–H groups in total. The van der Waals surface area contributed by atoms with Gasteiger partial charge in [-0.05, 0) is 30.5 Å². The maximum atomic E-state index is 11.2. The van der Waals surface area contributed by atoms with Gasteiger partial charge in [0.2, 0.25) is 0 Å². The molecule has 0 spiro atoms. The molecule has 0 saturated heterocycles. The first-order valence-electron chi connectivity index (χ1n) is 8.77. The van der Waals surface area contributed by atoms with Crippen molar-refractivity contribution < 1.29 is 44.2 Å². The van der Waals surface area contributed by atoms with Gasteiger partial charge in [-0.1, -0.05) is 76.7 Å². The molecule has 0 amide bonds. The van der Waals surface area contributed by atoms with Crippen LogP contribution in [0, 0.1) is 0 Å². The molecule has 1 aromatic rings. The average molecular weight is 340 g/mol. The van der Waals surface area contributed by atoms with Gasteiger partial charge in [-0.25, -0.2) is 0 Å². The van der Waals surface area contributed by atoms with Gasteiger partial charge in [0.25, 0.3) is 0 Å².